The minimum Gasteiger partial charge on any atom is -0.493 e. The topological polar surface area (TPSA) is 82.0 Å². The number of thioether (sulfide) groups is 1. The van der Waals surface area contributed by atoms with Crippen LogP contribution in [0, 0.1) is 0 Å². The molecule has 1 N–H and O–H groups in total. The number of hydrazone groups is 1. The van der Waals surface area contributed by atoms with Gasteiger partial charge in [0.1, 0.15) is 0 Å². The fraction of sp³-hybridized carbons (Fsp3) is 0.160. The van der Waals surface area contributed by atoms with Gasteiger partial charge in [0.15, 0.2) is 15.8 Å². The predicted octanol–water partition coefficient (Wildman–Crippen LogP) is 5.38. The fourth-order valence-electron chi connectivity index (χ4n) is 3.26. The summed E-state index contributed by atoms with van der Waals surface area (Å²) in [7, 11) is 4.62. The normalized spacial score (nSPS) is 11.0. The summed E-state index contributed by atoms with van der Waals surface area (Å²) in [5.41, 5.74) is 5.84. The molecule has 4 aromatic rings. The number of benzene rings is 3. The molecular formula is C25H23N3O4S2. The van der Waals surface area contributed by atoms with Crippen molar-refractivity contribution in [3.8, 4) is 17.2 Å². The number of para-hydroxylation sites is 1. The summed E-state index contributed by atoms with van der Waals surface area (Å²) in [6.45, 7) is 0. The summed E-state index contributed by atoms with van der Waals surface area (Å²) >= 11 is 3.37. The van der Waals surface area contributed by atoms with E-state index in [1.807, 2.05) is 30.3 Å². The van der Waals surface area contributed by atoms with Crippen LogP contribution in [-0.2, 0) is 5.75 Å². The maximum Gasteiger partial charge on any atom is 0.271 e. The highest BCUT2D eigenvalue weighted by molar-refractivity contribution is 8.00. The van der Waals surface area contributed by atoms with Crippen LogP contribution in [0.15, 0.2) is 70.1 Å². The third-order valence-corrected chi connectivity index (χ3v) is 7.21. The van der Waals surface area contributed by atoms with Crippen LogP contribution < -0.4 is 19.6 Å². The predicted molar refractivity (Wildman–Crippen MR) is 137 cm³/mol. The monoisotopic (exact) mass is 493 g/mol. The Morgan fingerprint density at radius 1 is 1.00 bits per heavy atom. The summed E-state index contributed by atoms with van der Waals surface area (Å²) in [5, 5.41) is 4.06. The molecule has 0 bridgehead atoms. The molecule has 1 aromatic heterocycles. The van der Waals surface area contributed by atoms with Crippen molar-refractivity contribution in [1.82, 2.24) is 10.4 Å². The molecule has 3 aromatic carbocycles. The zero-order valence-electron chi connectivity index (χ0n) is 18.9. The number of fused-ring (bicyclic) bond motifs is 1. The highest BCUT2D eigenvalue weighted by Gasteiger charge is 2.14. The molecule has 0 atom stereocenters. The van der Waals surface area contributed by atoms with E-state index >= 15 is 0 Å². The van der Waals surface area contributed by atoms with Gasteiger partial charge < -0.3 is 14.2 Å². The van der Waals surface area contributed by atoms with Crippen LogP contribution in [0.4, 0.5) is 0 Å². The number of nitrogens with one attached hydrogen (secondary N) is 1. The average molecular weight is 494 g/mol. The molecular weight excluding hydrogens is 470 g/mol. The van der Waals surface area contributed by atoms with Crippen LogP contribution in [0.3, 0.4) is 0 Å². The van der Waals surface area contributed by atoms with Crippen LogP contribution >= 0.6 is 23.1 Å². The SMILES string of the molecule is COc1ccc(/C=N/NC(=O)c2ccc(CSc3nc4ccccc4s3)cc2)c(OC)c1OC. The molecule has 1 amide bonds. The molecule has 4 rings (SSSR count). The Labute approximate surface area is 205 Å². The number of aromatic nitrogens is 1. The van der Waals surface area contributed by atoms with Gasteiger partial charge in [0.25, 0.3) is 5.91 Å². The smallest absolute Gasteiger partial charge is 0.271 e. The lowest BCUT2D eigenvalue weighted by molar-refractivity contribution is 0.0955. The van der Waals surface area contributed by atoms with Crippen molar-refractivity contribution in [3.63, 3.8) is 0 Å². The van der Waals surface area contributed by atoms with Crippen LogP contribution in [0.5, 0.6) is 17.2 Å². The van der Waals surface area contributed by atoms with E-state index in [-0.39, 0.29) is 5.91 Å². The molecule has 0 unspecified atom stereocenters. The number of methoxy groups -OCH3 is 3. The zero-order valence-corrected chi connectivity index (χ0v) is 20.5. The van der Waals surface area contributed by atoms with Gasteiger partial charge in [-0.2, -0.15) is 5.10 Å². The third-order valence-electron chi connectivity index (χ3n) is 4.96. The fourth-order valence-corrected chi connectivity index (χ4v) is 5.29. The van der Waals surface area contributed by atoms with E-state index in [0.717, 1.165) is 21.2 Å². The maximum absolute atomic E-state index is 12.5. The highest BCUT2D eigenvalue weighted by Crippen LogP contribution is 2.39. The van der Waals surface area contributed by atoms with Crippen molar-refractivity contribution < 1.29 is 19.0 Å². The van der Waals surface area contributed by atoms with Gasteiger partial charge in [0.2, 0.25) is 5.75 Å². The van der Waals surface area contributed by atoms with E-state index in [9.17, 15) is 4.79 Å². The van der Waals surface area contributed by atoms with Gasteiger partial charge in [-0.05, 0) is 42.0 Å². The van der Waals surface area contributed by atoms with Crippen molar-refractivity contribution in [3.05, 3.63) is 77.4 Å². The number of rotatable bonds is 9. The largest absolute Gasteiger partial charge is 0.493 e. The summed E-state index contributed by atoms with van der Waals surface area (Å²) in [6, 6.07) is 19.1. The molecule has 174 valence electrons. The second kappa shape index (κ2) is 11.0. The summed E-state index contributed by atoms with van der Waals surface area (Å²) in [5.74, 6) is 1.94. The van der Waals surface area contributed by atoms with Gasteiger partial charge >= 0.3 is 0 Å². The van der Waals surface area contributed by atoms with Gasteiger partial charge in [-0.1, -0.05) is 36.0 Å². The van der Waals surface area contributed by atoms with Gasteiger partial charge in [-0.25, -0.2) is 10.4 Å². The first kappa shape index (κ1) is 23.6. The number of ether oxygens (including phenoxy) is 3. The molecule has 0 aliphatic rings. The zero-order chi connectivity index (χ0) is 23.9. The Morgan fingerprint density at radius 3 is 2.47 bits per heavy atom. The molecule has 34 heavy (non-hydrogen) atoms. The first-order chi connectivity index (χ1) is 16.6. The Morgan fingerprint density at radius 2 is 1.76 bits per heavy atom. The number of carbonyl (C=O) groups is 1. The van der Waals surface area contributed by atoms with Crippen LogP contribution in [0.2, 0.25) is 0 Å². The minimum atomic E-state index is -0.305. The number of hydrogen-bond acceptors (Lipinski definition) is 8. The minimum absolute atomic E-state index is 0.305. The van der Waals surface area contributed by atoms with Crippen LogP contribution in [0.1, 0.15) is 21.5 Å². The number of carbonyl (C=O) groups excluding carboxylic acids is 1. The summed E-state index contributed by atoms with van der Waals surface area (Å²) in [6.07, 6.45) is 1.50. The summed E-state index contributed by atoms with van der Waals surface area (Å²) < 4.78 is 18.3. The summed E-state index contributed by atoms with van der Waals surface area (Å²) in [4.78, 5) is 17.1. The second-order valence-corrected chi connectivity index (χ2v) is 9.31. The van der Waals surface area contributed by atoms with E-state index in [2.05, 4.69) is 21.6 Å². The van der Waals surface area contributed by atoms with E-state index < -0.39 is 0 Å². The molecule has 1 heterocycles. The lowest BCUT2D eigenvalue weighted by Crippen LogP contribution is -2.17. The molecule has 0 saturated carbocycles. The lowest BCUT2D eigenvalue weighted by atomic mass is 10.1. The van der Waals surface area contributed by atoms with Crippen molar-refractivity contribution in [2.24, 2.45) is 5.10 Å². The first-order valence-corrected chi connectivity index (χ1v) is 12.1. The van der Waals surface area contributed by atoms with E-state index in [4.69, 9.17) is 14.2 Å². The lowest BCUT2D eigenvalue weighted by Gasteiger charge is -2.13. The molecule has 0 saturated heterocycles. The second-order valence-electron chi connectivity index (χ2n) is 7.06. The van der Waals surface area contributed by atoms with Gasteiger partial charge in [0.05, 0.1) is 37.8 Å². The maximum atomic E-state index is 12.5. The van der Waals surface area contributed by atoms with Gasteiger partial charge in [-0.15, -0.1) is 11.3 Å². The van der Waals surface area contributed by atoms with E-state index in [1.165, 1.54) is 25.1 Å². The van der Waals surface area contributed by atoms with Gasteiger partial charge in [0, 0.05) is 16.9 Å². The van der Waals surface area contributed by atoms with Crippen LogP contribution in [0.25, 0.3) is 10.2 Å². The molecule has 9 heteroatoms. The van der Waals surface area contributed by atoms with Crippen LogP contribution in [-0.4, -0.2) is 38.4 Å². The highest BCUT2D eigenvalue weighted by atomic mass is 32.2. The van der Waals surface area contributed by atoms with Crippen molar-refractivity contribution in [1.29, 1.82) is 0 Å². The number of nitrogens with zero attached hydrogens (tertiary/aromatic N) is 2. The molecule has 0 radical (unpaired) electrons. The average Bonchev–Trinajstić information content (AvgIpc) is 3.30. The molecule has 0 aliphatic carbocycles. The Hall–Kier alpha value is -3.56. The molecule has 0 fully saturated rings. The quantitative estimate of drug-likeness (QED) is 0.192. The number of amides is 1. The van der Waals surface area contributed by atoms with E-state index in [1.54, 1.807) is 54.5 Å². The molecule has 0 spiro atoms. The van der Waals surface area contributed by atoms with E-state index in [0.29, 0.717) is 28.4 Å². The Balaban J connectivity index is 1.36. The standard InChI is InChI=1S/C25H23N3O4S2/c1-30-20-13-12-18(22(31-2)23(20)32-3)14-26-28-24(29)17-10-8-16(9-11-17)15-33-25-27-19-6-4-5-7-21(19)34-25/h4-14H,15H2,1-3H3,(H,28,29)/b26-14+. The van der Waals surface area contributed by atoms with Crippen molar-refractivity contribution >= 4 is 45.4 Å². The van der Waals surface area contributed by atoms with Crippen molar-refractivity contribution in [2.45, 2.75) is 10.1 Å². The van der Waals surface area contributed by atoms with Crippen molar-refractivity contribution in [2.75, 3.05) is 21.3 Å². The first-order valence-electron chi connectivity index (χ1n) is 10.3. The number of thiazole rings is 1. The molecule has 7 nitrogen and oxygen atoms in total. The Bertz CT molecular complexity index is 1290. The number of hydrogen-bond donors (Lipinski definition) is 1. The Kier molecular flexibility index (Phi) is 7.66. The third kappa shape index (κ3) is 5.32. The van der Waals surface area contributed by atoms with Gasteiger partial charge in [-0.3, -0.25) is 4.79 Å². The molecule has 0 aliphatic heterocycles.